The van der Waals surface area contributed by atoms with Crippen LogP contribution in [0, 0.1) is 14.9 Å². The van der Waals surface area contributed by atoms with Gasteiger partial charge in [0.1, 0.15) is 0 Å². The van der Waals surface area contributed by atoms with Gasteiger partial charge in [-0.15, -0.1) is 69.1 Å². The van der Waals surface area contributed by atoms with Crippen LogP contribution in [0.25, 0.3) is 43.8 Å². The summed E-state index contributed by atoms with van der Waals surface area (Å²) in [6.07, 6.45) is 4.51. The van der Waals surface area contributed by atoms with Crippen LogP contribution >= 0.6 is 0 Å². The molecule has 0 aliphatic heterocycles. The predicted octanol–water partition coefficient (Wildman–Crippen LogP) is 16.7. The van der Waals surface area contributed by atoms with E-state index in [4.69, 9.17) is 0 Å². The summed E-state index contributed by atoms with van der Waals surface area (Å²) in [7, 11) is 0. The molecule has 0 spiro atoms. The number of fused-ring (bicyclic) bond motifs is 2. The van der Waals surface area contributed by atoms with E-state index in [9.17, 15) is 0 Å². The molecule has 0 aliphatic rings. The molecule has 1 heteroatoms. The van der Waals surface area contributed by atoms with E-state index in [2.05, 4.69) is 194 Å². The zero-order chi connectivity index (χ0) is 38.7. The fourth-order valence-corrected chi connectivity index (χ4v) is 8.55. The molecule has 0 saturated heterocycles. The van der Waals surface area contributed by atoms with Gasteiger partial charge >= 0.3 is 25.8 Å². The predicted molar refractivity (Wildman–Crippen MR) is 248 cm³/mol. The summed E-state index contributed by atoms with van der Waals surface area (Å²) in [5, 5.41) is 5.43. The minimum absolute atomic E-state index is 0. The molecule has 0 bridgehead atoms. The largest absolute Gasteiger partial charge is 4.00 e. The van der Waals surface area contributed by atoms with Crippen molar-refractivity contribution in [2.24, 2.45) is 0 Å². The van der Waals surface area contributed by atoms with Gasteiger partial charge in [-0.25, -0.2) is 0 Å². The first-order valence-electron chi connectivity index (χ1n) is 20.4. The van der Waals surface area contributed by atoms with Crippen LogP contribution in [0.5, 0.6) is 0 Å². The average molecular weight is 912 g/mol. The van der Waals surface area contributed by atoms with Crippen LogP contribution in [-0.4, -0.2) is 0 Å². The van der Waals surface area contributed by atoms with Crippen molar-refractivity contribution < 1.29 is 25.8 Å². The van der Waals surface area contributed by atoms with Crippen molar-refractivity contribution in [1.29, 1.82) is 0 Å². The summed E-state index contributed by atoms with van der Waals surface area (Å²) in [4.78, 5) is 0. The Kier molecular flexibility index (Phi) is 14.4. The third-order valence-electron chi connectivity index (χ3n) is 11.9. The first-order chi connectivity index (χ1) is 24.7. The Morgan fingerprint density at radius 3 is 1.00 bits per heavy atom. The maximum atomic E-state index is 2.57. The fraction of sp³-hybridized carbons (Fsp3) is 0.418. The molecule has 56 heavy (non-hydrogen) atoms. The average Bonchev–Trinajstić information content (AvgIpc) is 3.72. The van der Waals surface area contributed by atoms with Gasteiger partial charge < -0.3 is 14.9 Å². The molecule has 0 N–H and O–H groups in total. The second-order valence-corrected chi connectivity index (χ2v) is 20.3. The topological polar surface area (TPSA) is 0 Å². The van der Waals surface area contributed by atoms with Crippen LogP contribution in [0.3, 0.4) is 0 Å². The van der Waals surface area contributed by atoms with Gasteiger partial charge in [0.25, 0.3) is 0 Å². The molecule has 296 valence electrons. The quantitative estimate of drug-likeness (QED) is 0.105. The Morgan fingerprint density at radius 2 is 0.732 bits per heavy atom. The third kappa shape index (κ3) is 9.30. The Bertz CT molecular complexity index is 2010. The van der Waals surface area contributed by atoms with Crippen LogP contribution in [0.1, 0.15) is 156 Å². The Labute approximate surface area is 362 Å². The standard InChI is InChI=1S/C53H66.2CH3.Hf/c1-15-23-53(24-16-2,43-25-35-19-17-21-45(47(35)33-43)37-27-39(49(3,4)5)31-40(28-37)50(6,7)8)44-26-36-20-18-22-46(48(36)34-44)38-29-41(51(9,10)11)32-42(30-38)52(12,13)14;;;/h17-22,25-34H,15-16,23-24H2,1-14H3;2*1H3;/q-2;2*-1;+4. The van der Waals surface area contributed by atoms with Crippen molar-refractivity contribution >= 4 is 21.5 Å². The Hall–Kier alpha value is -3.03. The zero-order valence-electron chi connectivity index (χ0n) is 38.1. The molecule has 6 rings (SSSR count). The number of rotatable bonds is 8. The smallest absolute Gasteiger partial charge is 0.358 e. The summed E-state index contributed by atoms with van der Waals surface area (Å²) in [5.41, 5.74) is 14.1. The summed E-state index contributed by atoms with van der Waals surface area (Å²) in [5.74, 6) is 0. The zero-order valence-corrected chi connectivity index (χ0v) is 41.7. The Morgan fingerprint density at radius 1 is 0.429 bits per heavy atom. The van der Waals surface area contributed by atoms with Crippen LogP contribution in [0.15, 0.2) is 97.1 Å². The van der Waals surface area contributed by atoms with E-state index in [1.54, 1.807) is 0 Å². The van der Waals surface area contributed by atoms with Crippen molar-refractivity contribution in [3.8, 4) is 22.3 Å². The minimum Gasteiger partial charge on any atom is -0.358 e. The van der Waals surface area contributed by atoms with E-state index in [0.29, 0.717) is 0 Å². The Balaban J connectivity index is 0.00000280. The molecule has 0 atom stereocenters. The van der Waals surface area contributed by atoms with E-state index in [-0.39, 0.29) is 67.8 Å². The molecular weight excluding hydrogens is 839 g/mol. The van der Waals surface area contributed by atoms with Crippen LogP contribution in [-0.2, 0) is 52.9 Å². The van der Waals surface area contributed by atoms with E-state index in [1.165, 1.54) is 77.2 Å². The molecule has 6 aromatic rings. The van der Waals surface area contributed by atoms with Gasteiger partial charge in [-0.2, -0.15) is 12.1 Å². The molecule has 0 amide bonds. The van der Waals surface area contributed by atoms with Gasteiger partial charge in [-0.1, -0.05) is 169 Å². The van der Waals surface area contributed by atoms with E-state index < -0.39 is 0 Å². The summed E-state index contributed by atoms with van der Waals surface area (Å²) in [6, 6.07) is 38.8. The van der Waals surface area contributed by atoms with Crippen molar-refractivity contribution in [3.05, 3.63) is 145 Å². The van der Waals surface area contributed by atoms with Gasteiger partial charge in [0.05, 0.1) is 0 Å². The fourth-order valence-electron chi connectivity index (χ4n) is 8.55. The van der Waals surface area contributed by atoms with Gasteiger partial charge in [0.15, 0.2) is 0 Å². The summed E-state index contributed by atoms with van der Waals surface area (Å²) in [6.45, 7) is 32.8. The first kappa shape index (κ1) is 47.3. The molecule has 0 nitrogen and oxygen atoms in total. The molecule has 0 radical (unpaired) electrons. The van der Waals surface area contributed by atoms with Gasteiger partial charge in [0.2, 0.25) is 0 Å². The van der Waals surface area contributed by atoms with Crippen LogP contribution < -0.4 is 0 Å². The number of hydrogen-bond donors (Lipinski definition) is 0. The van der Waals surface area contributed by atoms with Crippen molar-refractivity contribution in [2.45, 2.75) is 150 Å². The molecule has 0 heterocycles. The third-order valence-corrected chi connectivity index (χ3v) is 11.9. The molecule has 0 unspecified atom stereocenters. The van der Waals surface area contributed by atoms with Gasteiger partial charge in [-0.05, 0) is 73.3 Å². The van der Waals surface area contributed by atoms with E-state index >= 15 is 0 Å². The molecule has 0 aliphatic carbocycles. The number of hydrogen-bond acceptors (Lipinski definition) is 0. The maximum Gasteiger partial charge on any atom is 4.00 e. The summed E-state index contributed by atoms with van der Waals surface area (Å²) >= 11 is 0. The second kappa shape index (κ2) is 17.1. The van der Waals surface area contributed by atoms with Gasteiger partial charge in [0, 0.05) is 0 Å². The number of benzene rings is 4. The molecule has 0 fully saturated rings. The second-order valence-electron chi connectivity index (χ2n) is 20.3. The maximum absolute atomic E-state index is 2.57. The van der Waals surface area contributed by atoms with Crippen LogP contribution in [0.4, 0.5) is 0 Å². The van der Waals surface area contributed by atoms with E-state index in [0.717, 1.165) is 25.7 Å². The normalized spacial score (nSPS) is 12.7. The molecule has 0 saturated carbocycles. The first-order valence-corrected chi connectivity index (χ1v) is 20.4. The van der Waals surface area contributed by atoms with Crippen molar-refractivity contribution in [3.63, 3.8) is 0 Å². The van der Waals surface area contributed by atoms with Crippen molar-refractivity contribution in [1.82, 2.24) is 0 Å². The van der Waals surface area contributed by atoms with Gasteiger partial charge in [-0.3, -0.25) is 0 Å². The van der Waals surface area contributed by atoms with Crippen LogP contribution in [0.2, 0.25) is 0 Å². The molecule has 6 aromatic carbocycles. The van der Waals surface area contributed by atoms with E-state index in [1.807, 2.05) is 0 Å². The molecular formula is C55H72Hf. The molecule has 0 aromatic heterocycles. The summed E-state index contributed by atoms with van der Waals surface area (Å²) < 4.78 is 0. The minimum atomic E-state index is -0.0657. The monoisotopic (exact) mass is 913 g/mol. The SMILES string of the molecule is CCCC(CCC)(c1cc2c(-c3cc(C(C)(C)C)cc(C(C)(C)C)c3)cccc2[cH-]1)c1cc2c(-c3cc(C(C)(C)C)cc(C(C)(C)C)c3)cccc2[cH-]1.[CH3-].[CH3-].[Hf+4]. The van der Waals surface area contributed by atoms with Crippen molar-refractivity contribution in [2.75, 3.05) is 0 Å².